The third kappa shape index (κ3) is 31.6. The molecule has 0 bridgehead atoms. The Hall–Kier alpha value is -0.400. The third-order valence-corrected chi connectivity index (χ3v) is 3.15. The normalized spacial score (nSPS) is 7.12. The largest absolute Gasteiger partial charge is 1.00 e. The van der Waals surface area contributed by atoms with Crippen molar-refractivity contribution < 1.29 is 74.8 Å². The van der Waals surface area contributed by atoms with Crippen LogP contribution in [0.5, 0.6) is 11.5 Å². The van der Waals surface area contributed by atoms with Crippen molar-refractivity contribution in [2.24, 2.45) is 0 Å². The summed E-state index contributed by atoms with van der Waals surface area (Å²) in [5.74, 6) is 0.394. The maximum absolute atomic E-state index is 10.3. The second-order valence-corrected chi connectivity index (χ2v) is 5.54. The number of rotatable bonds is 0. The first-order valence-electron chi connectivity index (χ1n) is 8.49. The molecule has 0 heterocycles. The van der Waals surface area contributed by atoms with Crippen LogP contribution in [0.15, 0.2) is 127 Å². The molecule has 0 amide bonds. The summed E-state index contributed by atoms with van der Waals surface area (Å²) in [6, 6.07) is 38.5. The standard InChI is InChI=1S/C6H5Cl.2C6H6O.C6H6.Cl2.ClH.2Na.H2O/c3*7-6-4-2-1-3-5-6;1-2-4-6-5-3-1;1-2;;;;/h1-5H;2*1-5,7H;1-6H;;1H;;;1H2/q;;;;;;2*+1;/p-2. The van der Waals surface area contributed by atoms with E-state index in [1.54, 1.807) is 36.4 Å². The van der Waals surface area contributed by atoms with Crippen molar-refractivity contribution in [2.75, 3.05) is 0 Å². The molecular formula is C24H24Cl4Na2O3. The Kier molecular flexibility index (Phi) is 43.7. The molecule has 0 spiro atoms. The molecule has 4 rings (SSSR count). The van der Waals surface area contributed by atoms with E-state index in [4.69, 9.17) is 16.7 Å². The SMILES string of the molecule is Cl.ClCl.Clc1ccccc1.Oc1ccccc1.[Na+].[Na+].[O-]c1ccccc1.[OH-].c1ccccc1. The predicted octanol–water partition coefficient (Wildman–Crippen LogP) is 1.81. The first-order valence-corrected chi connectivity index (χ1v) is 10.0. The minimum absolute atomic E-state index is 0. The number of phenols is 1. The van der Waals surface area contributed by atoms with Gasteiger partial charge in [0.1, 0.15) is 5.75 Å². The Bertz CT molecular complexity index is 702. The fraction of sp³-hybridized carbons (Fsp3) is 0. The van der Waals surface area contributed by atoms with Gasteiger partial charge in [0.25, 0.3) is 0 Å². The molecular weight excluding hydrogens is 524 g/mol. The van der Waals surface area contributed by atoms with Gasteiger partial charge in [0, 0.05) is 26.7 Å². The van der Waals surface area contributed by atoms with Crippen LogP contribution in [-0.2, 0) is 0 Å². The van der Waals surface area contributed by atoms with Gasteiger partial charge < -0.3 is 15.7 Å². The van der Waals surface area contributed by atoms with E-state index in [1.165, 1.54) is 12.1 Å². The predicted molar refractivity (Wildman–Crippen MR) is 133 cm³/mol. The summed E-state index contributed by atoms with van der Waals surface area (Å²) in [5.41, 5.74) is 0. The van der Waals surface area contributed by atoms with E-state index in [-0.39, 0.29) is 82.7 Å². The Morgan fingerprint density at radius 3 is 0.909 bits per heavy atom. The van der Waals surface area contributed by atoms with Crippen molar-refractivity contribution in [1.82, 2.24) is 0 Å². The van der Waals surface area contributed by atoms with Crippen LogP contribution in [0.25, 0.3) is 0 Å². The van der Waals surface area contributed by atoms with Gasteiger partial charge in [-0.05, 0) is 24.3 Å². The molecule has 3 nitrogen and oxygen atoms in total. The molecule has 0 radical (unpaired) electrons. The van der Waals surface area contributed by atoms with Gasteiger partial charge >= 0.3 is 59.1 Å². The molecule has 0 saturated heterocycles. The molecule has 9 heteroatoms. The first kappa shape index (κ1) is 42.7. The van der Waals surface area contributed by atoms with Crippen LogP contribution >= 0.6 is 45.7 Å². The van der Waals surface area contributed by atoms with Crippen molar-refractivity contribution in [1.29, 1.82) is 0 Å². The minimum atomic E-state index is 0. The maximum Gasteiger partial charge on any atom is 1.00 e. The number of benzene rings is 4. The van der Waals surface area contributed by atoms with Gasteiger partial charge in [0.2, 0.25) is 0 Å². The molecule has 0 fully saturated rings. The zero-order valence-corrected chi connectivity index (χ0v) is 25.6. The molecule has 0 atom stereocenters. The molecule has 0 aromatic heterocycles. The molecule has 2 N–H and O–H groups in total. The second-order valence-electron chi connectivity index (χ2n) is 5.10. The summed E-state index contributed by atoms with van der Waals surface area (Å²) in [4.78, 5) is 0. The van der Waals surface area contributed by atoms with E-state index in [0.717, 1.165) is 5.02 Å². The number of phenolic OH excluding ortho intramolecular Hbond substituents is 1. The first-order chi connectivity index (χ1) is 14.2. The van der Waals surface area contributed by atoms with Crippen LogP contribution in [0.1, 0.15) is 0 Å². The molecule has 33 heavy (non-hydrogen) atoms. The van der Waals surface area contributed by atoms with E-state index in [2.05, 4.69) is 21.7 Å². The number of hydrogen-bond acceptors (Lipinski definition) is 3. The van der Waals surface area contributed by atoms with Gasteiger partial charge in [-0.15, -0.1) is 18.2 Å². The maximum atomic E-state index is 10.3. The molecule has 0 aliphatic heterocycles. The Labute approximate surface area is 261 Å². The zero-order valence-electron chi connectivity index (χ0n) is 18.5. The van der Waals surface area contributed by atoms with E-state index >= 15 is 0 Å². The monoisotopic (exact) mass is 546 g/mol. The molecule has 4 aromatic rings. The fourth-order valence-electron chi connectivity index (χ4n) is 1.65. The van der Waals surface area contributed by atoms with Crippen LogP contribution in [0.2, 0.25) is 5.02 Å². The van der Waals surface area contributed by atoms with Crippen molar-refractivity contribution in [3.05, 3.63) is 132 Å². The summed E-state index contributed by atoms with van der Waals surface area (Å²) in [5, 5.41) is 19.7. The van der Waals surface area contributed by atoms with Crippen LogP contribution < -0.4 is 64.2 Å². The van der Waals surface area contributed by atoms with Crippen molar-refractivity contribution in [3.8, 4) is 11.5 Å². The van der Waals surface area contributed by atoms with E-state index in [1.807, 2.05) is 78.9 Å². The number of halogens is 4. The Morgan fingerprint density at radius 1 is 0.515 bits per heavy atom. The topological polar surface area (TPSA) is 73.3 Å². The molecule has 0 aliphatic rings. The average molecular weight is 548 g/mol. The van der Waals surface area contributed by atoms with Gasteiger partial charge in [-0.2, -0.15) is 0 Å². The number of aromatic hydroxyl groups is 1. The molecule has 0 saturated carbocycles. The summed E-state index contributed by atoms with van der Waals surface area (Å²) in [6.45, 7) is 0. The molecule has 0 aliphatic carbocycles. The summed E-state index contributed by atoms with van der Waals surface area (Å²) in [6.07, 6.45) is 0. The van der Waals surface area contributed by atoms with Crippen LogP contribution in [0, 0.1) is 0 Å². The van der Waals surface area contributed by atoms with Gasteiger partial charge in [-0.3, -0.25) is 0 Å². The summed E-state index contributed by atoms with van der Waals surface area (Å²) < 4.78 is 0. The van der Waals surface area contributed by atoms with Crippen molar-refractivity contribution in [3.63, 3.8) is 0 Å². The fourth-order valence-corrected chi connectivity index (χ4v) is 1.79. The molecule has 0 unspecified atom stereocenters. The van der Waals surface area contributed by atoms with Crippen LogP contribution in [0.3, 0.4) is 0 Å². The zero-order chi connectivity index (χ0) is 21.6. The quantitative estimate of drug-likeness (QED) is 0.341. The minimum Gasteiger partial charge on any atom is -0.872 e. The smallest absolute Gasteiger partial charge is 0.872 e. The molecule has 4 aromatic carbocycles. The summed E-state index contributed by atoms with van der Waals surface area (Å²) >= 11 is 5.54. The Morgan fingerprint density at radius 2 is 0.758 bits per heavy atom. The van der Waals surface area contributed by atoms with Gasteiger partial charge in [-0.1, -0.05) is 115 Å². The van der Waals surface area contributed by atoms with Crippen LogP contribution in [-0.4, -0.2) is 10.6 Å². The van der Waals surface area contributed by atoms with Gasteiger partial charge in [0.15, 0.2) is 0 Å². The van der Waals surface area contributed by atoms with Crippen molar-refractivity contribution in [2.45, 2.75) is 0 Å². The number of hydrogen-bond donors (Lipinski definition) is 1. The molecule has 168 valence electrons. The third-order valence-electron chi connectivity index (χ3n) is 2.90. The average Bonchev–Trinajstić information content (AvgIpc) is 2.79. The van der Waals surface area contributed by atoms with E-state index in [9.17, 15) is 5.11 Å². The van der Waals surface area contributed by atoms with Gasteiger partial charge in [-0.25, -0.2) is 0 Å². The summed E-state index contributed by atoms with van der Waals surface area (Å²) in [7, 11) is 8.22. The number of para-hydroxylation sites is 2. The van der Waals surface area contributed by atoms with E-state index in [0.29, 0.717) is 5.75 Å². The van der Waals surface area contributed by atoms with Crippen LogP contribution in [0.4, 0.5) is 0 Å². The van der Waals surface area contributed by atoms with E-state index < -0.39 is 0 Å². The van der Waals surface area contributed by atoms with Crippen molar-refractivity contribution >= 4 is 45.7 Å². The second kappa shape index (κ2) is 33.8. The Balaban J connectivity index is -0.0000000991. The van der Waals surface area contributed by atoms with Gasteiger partial charge in [0.05, 0.1) is 0 Å².